The first-order chi connectivity index (χ1) is 14.2. The van der Waals surface area contributed by atoms with Gasteiger partial charge in [0, 0.05) is 49.9 Å². The van der Waals surface area contributed by atoms with Gasteiger partial charge >= 0.3 is 0 Å². The molecule has 2 saturated heterocycles. The van der Waals surface area contributed by atoms with Gasteiger partial charge in [-0.3, -0.25) is 14.7 Å². The molecule has 1 aromatic carbocycles. The van der Waals surface area contributed by atoms with E-state index in [0.717, 1.165) is 44.6 Å². The summed E-state index contributed by atoms with van der Waals surface area (Å²) in [5.74, 6) is 1.44. The normalized spacial score (nSPS) is 26.5. The summed E-state index contributed by atoms with van der Waals surface area (Å²) in [6, 6.07) is 8.74. The molecule has 5 nitrogen and oxygen atoms in total. The third-order valence-electron chi connectivity index (χ3n) is 7.00. The van der Waals surface area contributed by atoms with Crippen LogP contribution in [0, 0.1) is 0 Å². The molecule has 152 valence electrons. The van der Waals surface area contributed by atoms with Crippen LogP contribution in [0.3, 0.4) is 0 Å². The van der Waals surface area contributed by atoms with Crippen LogP contribution in [0.1, 0.15) is 53.9 Å². The van der Waals surface area contributed by atoms with E-state index in [4.69, 9.17) is 4.74 Å². The summed E-state index contributed by atoms with van der Waals surface area (Å²) in [6.07, 6.45) is 9.97. The number of fused-ring (bicyclic) bond motifs is 1. The fourth-order valence-electron chi connectivity index (χ4n) is 5.69. The number of nitrogens with zero attached hydrogens (tertiary/aromatic N) is 2. The van der Waals surface area contributed by atoms with Gasteiger partial charge in [0.05, 0.1) is 12.6 Å². The second kappa shape index (κ2) is 7.45. The Morgan fingerprint density at radius 2 is 2.10 bits per heavy atom. The smallest absolute Gasteiger partial charge is 0.220 e. The van der Waals surface area contributed by atoms with Gasteiger partial charge in [0.15, 0.2) is 0 Å². The van der Waals surface area contributed by atoms with E-state index in [1.54, 1.807) is 7.11 Å². The van der Waals surface area contributed by atoms with Gasteiger partial charge in [0.25, 0.3) is 0 Å². The van der Waals surface area contributed by atoms with Crippen LogP contribution in [-0.4, -0.2) is 41.5 Å². The van der Waals surface area contributed by atoms with Gasteiger partial charge in [-0.1, -0.05) is 12.1 Å². The molecule has 1 spiro atoms. The van der Waals surface area contributed by atoms with Crippen molar-refractivity contribution in [3.05, 3.63) is 58.9 Å². The summed E-state index contributed by atoms with van der Waals surface area (Å²) < 4.78 is 5.74. The summed E-state index contributed by atoms with van der Waals surface area (Å²) in [6.45, 7) is 2.65. The summed E-state index contributed by atoms with van der Waals surface area (Å²) >= 11 is 0. The summed E-state index contributed by atoms with van der Waals surface area (Å²) in [7, 11) is 1.77. The lowest BCUT2D eigenvalue weighted by Gasteiger charge is -2.39. The van der Waals surface area contributed by atoms with Crippen LogP contribution < -0.4 is 10.1 Å². The number of nitrogens with one attached hydrogen (secondary N) is 1. The van der Waals surface area contributed by atoms with Crippen LogP contribution in [0.15, 0.2) is 36.7 Å². The first-order valence-electron chi connectivity index (χ1n) is 10.8. The number of hydrogen-bond donors (Lipinski definition) is 1. The Balaban J connectivity index is 1.44. The molecule has 2 aliphatic heterocycles. The molecule has 1 aromatic heterocycles. The van der Waals surface area contributed by atoms with Crippen molar-refractivity contribution in [2.75, 3.05) is 20.2 Å². The number of ether oxygens (including phenoxy) is 1. The maximum absolute atomic E-state index is 12.3. The Bertz CT molecular complexity index is 914. The second-order valence-corrected chi connectivity index (χ2v) is 8.85. The number of carbonyl (C=O) groups is 1. The third kappa shape index (κ3) is 3.42. The third-order valence-corrected chi connectivity index (χ3v) is 7.00. The number of piperidine rings is 1. The van der Waals surface area contributed by atoms with E-state index < -0.39 is 0 Å². The molecule has 1 aliphatic carbocycles. The van der Waals surface area contributed by atoms with E-state index in [9.17, 15) is 4.79 Å². The molecule has 5 heteroatoms. The minimum atomic E-state index is -0.192. The van der Waals surface area contributed by atoms with E-state index in [-0.39, 0.29) is 17.4 Å². The summed E-state index contributed by atoms with van der Waals surface area (Å²) in [5, 5.41) is 3.39. The highest BCUT2D eigenvalue weighted by molar-refractivity contribution is 5.78. The minimum Gasteiger partial charge on any atom is -0.496 e. The number of aromatic nitrogens is 1. The van der Waals surface area contributed by atoms with Gasteiger partial charge in [-0.25, -0.2) is 0 Å². The number of hydrogen-bond acceptors (Lipinski definition) is 4. The number of carbonyl (C=O) groups excluding carboxylic acids is 1. The molecule has 3 aliphatic rings. The molecule has 2 atom stereocenters. The highest BCUT2D eigenvalue weighted by atomic mass is 16.5. The van der Waals surface area contributed by atoms with Gasteiger partial charge in [0.2, 0.25) is 5.91 Å². The first-order valence-corrected chi connectivity index (χ1v) is 10.8. The van der Waals surface area contributed by atoms with Crippen molar-refractivity contribution in [1.29, 1.82) is 0 Å². The lowest BCUT2D eigenvalue weighted by Crippen LogP contribution is -2.56. The van der Waals surface area contributed by atoms with E-state index in [2.05, 4.69) is 33.4 Å². The summed E-state index contributed by atoms with van der Waals surface area (Å²) in [4.78, 5) is 19.2. The highest BCUT2D eigenvalue weighted by Gasteiger charge is 2.49. The lowest BCUT2D eigenvalue weighted by molar-refractivity contribution is -0.125. The zero-order valence-electron chi connectivity index (χ0n) is 17.1. The van der Waals surface area contributed by atoms with Crippen LogP contribution >= 0.6 is 0 Å². The van der Waals surface area contributed by atoms with Crippen LogP contribution in [0.25, 0.3) is 0 Å². The second-order valence-electron chi connectivity index (χ2n) is 8.85. The zero-order chi connectivity index (χ0) is 19.8. The van der Waals surface area contributed by atoms with Crippen molar-refractivity contribution in [1.82, 2.24) is 15.2 Å². The largest absolute Gasteiger partial charge is 0.496 e. The van der Waals surface area contributed by atoms with Crippen molar-refractivity contribution in [2.24, 2.45) is 0 Å². The van der Waals surface area contributed by atoms with Gasteiger partial charge in [0.1, 0.15) is 5.75 Å². The fourth-order valence-corrected chi connectivity index (χ4v) is 5.69. The molecular weight excluding hydrogens is 362 g/mol. The van der Waals surface area contributed by atoms with Gasteiger partial charge in [-0.05, 0) is 60.9 Å². The molecule has 1 N–H and O–H groups in total. The SMILES string of the molecule is COc1cc2c(cc1CN1C[C@@H](c3cccnc3)[C@@]3(CCCC(=O)N3)C1)CCC2. The van der Waals surface area contributed by atoms with Crippen molar-refractivity contribution in [3.8, 4) is 5.75 Å². The van der Waals surface area contributed by atoms with Crippen LogP contribution in [0.4, 0.5) is 0 Å². The lowest BCUT2D eigenvalue weighted by atomic mass is 9.77. The molecule has 2 fully saturated rings. The Morgan fingerprint density at radius 3 is 2.86 bits per heavy atom. The van der Waals surface area contributed by atoms with Gasteiger partial charge < -0.3 is 10.1 Å². The fraction of sp³-hybridized carbons (Fsp3) is 0.500. The Kier molecular flexibility index (Phi) is 4.78. The maximum atomic E-state index is 12.3. The average Bonchev–Trinajstić information content (AvgIpc) is 3.32. The minimum absolute atomic E-state index is 0.183. The van der Waals surface area contributed by atoms with Crippen molar-refractivity contribution < 1.29 is 9.53 Å². The van der Waals surface area contributed by atoms with Crippen LogP contribution in [0.2, 0.25) is 0 Å². The van der Waals surface area contributed by atoms with Crippen molar-refractivity contribution in [3.63, 3.8) is 0 Å². The van der Waals surface area contributed by atoms with Gasteiger partial charge in [-0.15, -0.1) is 0 Å². The molecule has 0 bridgehead atoms. The predicted octanol–water partition coefficient (Wildman–Crippen LogP) is 3.22. The maximum Gasteiger partial charge on any atom is 0.220 e. The Hall–Kier alpha value is -2.40. The topological polar surface area (TPSA) is 54.5 Å². The first kappa shape index (κ1) is 18.6. The number of rotatable bonds is 4. The molecule has 3 heterocycles. The number of aryl methyl sites for hydroxylation is 2. The van der Waals surface area contributed by atoms with Gasteiger partial charge in [-0.2, -0.15) is 0 Å². The quantitative estimate of drug-likeness (QED) is 0.870. The molecule has 0 unspecified atom stereocenters. The monoisotopic (exact) mass is 391 g/mol. The number of benzene rings is 1. The molecule has 0 radical (unpaired) electrons. The zero-order valence-corrected chi connectivity index (χ0v) is 17.1. The van der Waals surface area contributed by atoms with Crippen LogP contribution in [0.5, 0.6) is 5.75 Å². The molecule has 1 amide bonds. The average molecular weight is 392 g/mol. The van der Waals surface area contributed by atoms with Crippen molar-refractivity contribution in [2.45, 2.75) is 56.5 Å². The number of amides is 1. The number of pyridine rings is 1. The van der Waals surface area contributed by atoms with E-state index >= 15 is 0 Å². The molecule has 0 saturated carbocycles. The molecular formula is C24H29N3O2. The Labute approximate surface area is 172 Å². The summed E-state index contributed by atoms with van der Waals surface area (Å²) in [5.41, 5.74) is 5.21. The van der Waals surface area contributed by atoms with E-state index in [1.165, 1.54) is 35.1 Å². The molecule has 2 aromatic rings. The Morgan fingerprint density at radius 1 is 1.24 bits per heavy atom. The molecule has 29 heavy (non-hydrogen) atoms. The van der Waals surface area contributed by atoms with Crippen LogP contribution in [-0.2, 0) is 24.2 Å². The number of likely N-dealkylation sites (tertiary alicyclic amines) is 1. The standard InChI is InChI=1S/C24H29N3O2/c1-29-22-12-18-6-2-5-17(18)11-20(22)14-27-15-21(19-7-4-10-25-13-19)24(16-27)9-3-8-23(28)26-24/h4,7,10-13,21H,2-3,5-6,8-9,14-16H2,1H3,(H,26,28)/t21-,24+/m0/s1. The van der Waals surface area contributed by atoms with Crippen molar-refractivity contribution >= 4 is 5.91 Å². The predicted molar refractivity (Wildman–Crippen MR) is 112 cm³/mol. The molecule has 5 rings (SSSR count). The van der Waals surface area contributed by atoms with E-state index in [1.807, 2.05) is 18.5 Å². The number of methoxy groups -OCH3 is 1. The highest BCUT2D eigenvalue weighted by Crippen LogP contribution is 2.42. The van der Waals surface area contributed by atoms with E-state index in [0.29, 0.717) is 6.42 Å².